The highest BCUT2D eigenvalue weighted by atomic mass is 16.6. The van der Waals surface area contributed by atoms with E-state index in [1.165, 1.54) is 89.5 Å². The first-order valence-corrected chi connectivity index (χ1v) is 14.4. The zero-order valence-electron chi connectivity index (χ0n) is 22.6. The molecule has 5 heteroatoms. The van der Waals surface area contributed by atoms with E-state index in [2.05, 4.69) is 25.7 Å². The molecule has 0 aliphatic rings. The van der Waals surface area contributed by atoms with Crippen molar-refractivity contribution in [3.05, 3.63) is 12.7 Å². The number of hydrogen-bond acceptors (Lipinski definition) is 4. The molecule has 0 aromatic carbocycles. The van der Waals surface area contributed by atoms with Crippen LogP contribution >= 0.6 is 0 Å². The minimum absolute atomic E-state index is 0.128. The summed E-state index contributed by atoms with van der Waals surface area (Å²) in [4.78, 5) is 24.3. The number of hydrogen-bond donors (Lipinski definition) is 1. The molecule has 1 unspecified atom stereocenters. The third kappa shape index (κ3) is 22.3. The Labute approximate surface area is 210 Å². The first-order chi connectivity index (χ1) is 16.7. The Morgan fingerprint density at radius 3 is 1.59 bits per heavy atom. The van der Waals surface area contributed by atoms with Crippen LogP contribution < -0.4 is 5.32 Å². The van der Waals surface area contributed by atoms with Crippen molar-refractivity contribution in [1.82, 2.24) is 5.32 Å². The number of carbonyl (C=O) groups is 2. The molecule has 0 rings (SSSR count). The molecular weight excluding hydrogens is 426 g/mol. The maximum atomic E-state index is 12.5. The summed E-state index contributed by atoms with van der Waals surface area (Å²) >= 11 is 0. The fraction of sp³-hybridized carbons (Fsp3) is 0.862. The maximum Gasteiger partial charge on any atom is 0.408 e. The van der Waals surface area contributed by atoms with E-state index in [0.717, 1.165) is 38.5 Å². The predicted octanol–water partition coefficient (Wildman–Crippen LogP) is 8.65. The Balaban J connectivity index is 3.74. The van der Waals surface area contributed by atoms with Gasteiger partial charge in [0.15, 0.2) is 0 Å². The Bertz CT molecular complexity index is 481. The molecule has 200 valence electrons. The highest BCUT2D eigenvalue weighted by Crippen LogP contribution is 2.13. The number of carbonyl (C=O) groups excluding carboxylic acids is 2. The average Bonchev–Trinajstić information content (AvgIpc) is 2.84. The van der Waals surface area contributed by atoms with Crippen LogP contribution in [-0.4, -0.2) is 31.3 Å². The van der Waals surface area contributed by atoms with Gasteiger partial charge >= 0.3 is 12.1 Å². The lowest BCUT2D eigenvalue weighted by molar-refractivity contribution is -0.146. The summed E-state index contributed by atoms with van der Waals surface area (Å²) < 4.78 is 10.4. The zero-order valence-corrected chi connectivity index (χ0v) is 22.6. The van der Waals surface area contributed by atoms with E-state index in [1.807, 2.05) is 0 Å². The highest BCUT2D eigenvalue weighted by molar-refractivity contribution is 5.81. The van der Waals surface area contributed by atoms with Crippen molar-refractivity contribution in [2.24, 2.45) is 0 Å². The van der Waals surface area contributed by atoms with Gasteiger partial charge in [-0.3, -0.25) is 0 Å². The summed E-state index contributed by atoms with van der Waals surface area (Å²) in [6.07, 6.45) is 25.3. The molecule has 5 nitrogen and oxygen atoms in total. The summed E-state index contributed by atoms with van der Waals surface area (Å²) in [6, 6.07) is -0.634. The molecule has 0 radical (unpaired) electrons. The lowest BCUT2D eigenvalue weighted by Crippen LogP contribution is -2.42. The standard InChI is InChI=1S/C29H55NO4/c1-4-7-9-11-12-13-14-15-16-17-18-19-20-21-23-26-33-28(31)27(24-22-10-8-5-2)30-29(32)34-25-6-3/h6,27H,3-5,7-26H2,1-2H3,(H,30,32). The number of amides is 1. The number of esters is 1. The number of nitrogens with one attached hydrogen (secondary N) is 1. The maximum absolute atomic E-state index is 12.5. The van der Waals surface area contributed by atoms with Crippen LogP contribution in [0, 0.1) is 0 Å². The Kier molecular flexibility index (Phi) is 24.9. The number of rotatable bonds is 25. The van der Waals surface area contributed by atoms with Gasteiger partial charge in [0.05, 0.1) is 6.61 Å². The van der Waals surface area contributed by atoms with Crippen LogP contribution in [0.2, 0.25) is 0 Å². The monoisotopic (exact) mass is 481 g/mol. The van der Waals surface area contributed by atoms with E-state index in [-0.39, 0.29) is 12.6 Å². The van der Waals surface area contributed by atoms with Crippen LogP contribution in [0.15, 0.2) is 12.7 Å². The van der Waals surface area contributed by atoms with E-state index in [0.29, 0.717) is 13.0 Å². The third-order valence-corrected chi connectivity index (χ3v) is 6.25. The van der Waals surface area contributed by atoms with Gasteiger partial charge in [-0.05, 0) is 12.8 Å². The molecule has 1 atom stereocenters. The van der Waals surface area contributed by atoms with E-state index in [1.54, 1.807) is 0 Å². The van der Waals surface area contributed by atoms with Crippen LogP contribution in [0.25, 0.3) is 0 Å². The van der Waals surface area contributed by atoms with Gasteiger partial charge in [-0.25, -0.2) is 9.59 Å². The summed E-state index contributed by atoms with van der Waals surface area (Å²) in [5, 5.41) is 2.65. The molecule has 1 N–H and O–H groups in total. The first-order valence-electron chi connectivity index (χ1n) is 14.4. The molecular formula is C29H55NO4. The molecule has 0 aliphatic heterocycles. The van der Waals surface area contributed by atoms with Gasteiger partial charge in [-0.2, -0.15) is 0 Å². The minimum atomic E-state index is -0.634. The lowest BCUT2D eigenvalue weighted by Gasteiger charge is -2.17. The SMILES string of the molecule is C=CCOC(=O)NC(CCCCCC)C(=O)OCCCCCCCCCCCCCCCCC. The molecule has 0 aromatic heterocycles. The average molecular weight is 482 g/mol. The Hall–Kier alpha value is -1.52. The first kappa shape index (κ1) is 32.5. The van der Waals surface area contributed by atoms with Crippen LogP contribution in [0.5, 0.6) is 0 Å². The molecule has 0 aromatic rings. The second kappa shape index (κ2) is 26.1. The van der Waals surface area contributed by atoms with Crippen molar-refractivity contribution >= 4 is 12.1 Å². The van der Waals surface area contributed by atoms with Gasteiger partial charge in [0, 0.05) is 0 Å². The molecule has 0 saturated carbocycles. The van der Waals surface area contributed by atoms with E-state index in [4.69, 9.17) is 9.47 Å². The molecule has 0 fully saturated rings. The minimum Gasteiger partial charge on any atom is -0.464 e. The van der Waals surface area contributed by atoms with Gasteiger partial charge < -0.3 is 14.8 Å². The van der Waals surface area contributed by atoms with Crippen LogP contribution in [-0.2, 0) is 14.3 Å². The molecule has 0 aliphatic carbocycles. The zero-order chi connectivity index (χ0) is 25.1. The van der Waals surface area contributed by atoms with Crippen molar-refractivity contribution in [3.8, 4) is 0 Å². The fourth-order valence-electron chi connectivity index (χ4n) is 4.09. The van der Waals surface area contributed by atoms with Crippen molar-refractivity contribution in [2.75, 3.05) is 13.2 Å². The van der Waals surface area contributed by atoms with Gasteiger partial charge in [-0.1, -0.05) is 142 Å². The second-order valence-electron chi connectivity index (χ2n) is 9.55. The lowest BCUT2D eigenvalue weighted by atomic mass is 10.0. The summed E-state index contributed by atoms with van der Waals surface area (Å²) in [5.41, 5.74) is 0. The summed E-state index contributed by atoms with van der Waals surface area (Å²) in [7, 11) is 0. The molecule has 0 heterocycles. The largest absolute Gasteiger partial charge is 0.464 e. The topological polar surface area (TPSA) is 64.6 Å². The normalized spacial score (nSPS) is 11.7. The van der Waals surface area contributed by atoms with Crippen LogP contribution in [0.4, 0.5) is 4.79 Å². The van der Waals surface area contributed by atoms with Gasteiger partial charge in [0.25, 0.3) is 0 Å². The van der Waals surface area contributed by atoms with Crippen LogP contribution in [0.1, 0.15) is 142 Å². The van der Waals surface area contributed by atoms with E-state index >= 15 is 0 Å². The van der Waals surface area contributed by atoms with Crippen molar-refractivity contribution in [2.45, 2.75) is 148 Å². The molecule has 0 saturated heterocycles. The predicted molar refractivity (Wildman–Crippen MR) is 143 cm³/mol. The quantitative estimate of drug-likeness (QED) is 0.0805. The van der Waals surface area contributed by atoms with E-state index in [9.17, 15) is 9.59 Å². The molecule has 1 amide bonds. The van der Waals surface area contributed by atoms with Gasteiger partial charge in [0.1, 0.15) is 12.6 Å². The summed E-state index contributed by atoms with van der Waals surface area (Å²) in [5.74, 6) is -0.350. The number of alkyl carbamates (subject to hydrolysis) is 1. The van der Waals surface area contributed by atoms with Crippen molar-refractivity contribution in [3.63, 3.8) is 0 Å². The van der Waals surface area contributed by atoms with Crippen molar-refractivity contribution < 1.29 is 19.1 Å². The summed E-state index contributed by atoms with van der Waals surface area (Å²) in [6.45, 7) is 8.49. The number of ether oxygens (including phenoxy) is 2. The van der Waals surface area contributed by atoms with Gasteiger partial charge in [-0.15, -0.1) is 0 Å². The van der Waals surface area contributed by atoms with Gasteiger partial charge in [0.2, 0.25) is 0 Å². The Morgan fingerprint density at radius 1 is 0.676 bits per heavy atom. The van der Waals surface area contributed by atoms with Crippen molar-refractivity contribution in [1.29, 1.82) is 0 Å². The van der Waals surface area contributed by atoms with Crippen LogP contribution in [0.3, 0.4) is 0 Å². The third-order valence-electron chi connectivity index (χ3n) is 6.25. The molecule has 34 heavy (non-hydrogen) atoms. The molecule has 0 bridgehead atoms. The second-order valence-corrected chi connectivity index (χ2v) is 9.55. The smallest absolute Gasteiger partial charge is 0.408 e. The number of unbranched alkanes of at least 4 members (excludes halogenated alkanes) is 17. The van der Waals surface area contributed by atoms with E-state index < -0.39 is 12.1 Å². The molecule has 0 spiro atoms. The highest BCUT2D eigenvalue weighted by Gasteiger charge is 2.22. The Morgan fingerprint density at radius 2 is 1.12 bits per heavy atom. The fourth-order valence-corrected chi connectivity index (χ4v) is 4.09.